The highest BCUT2D eigenvalue weighted by atomic mass is 35.5. The van der Waals surface area contributed by atoms with E-state index in [4.69, 9.17) is 11.6 Å². The fourth-order valence-electron chi connectivity index (χ4n) is 0.875. The molecule has 0 fully saturated rings. The monoisotopic (exact) mass is 163 g/mol. The third kappa shape index (κ3) is 1.17. The van der Waals surface area contributed by atoms with Gasteiger partial charge in [0, 0.05) is 6.07 Å². The molecule has 2 nitrogen and oxygen atoms in total. The van der Waals surface area contributed by atoms with Crippen LogP contribution in [0.15, 0.2) is 24.4 Å². The van der Waals surface area contributed by atoms with E-state index in [2.05, 4.69) is 16.0 Å². The Hall–Kier alpha value is -1.15. The van der Waals surface area contributed by atoms with Crippen molar-refractivity contribution in [2.75, 3.05) is 0 Å². The molecule has 0 amide bonds. The second-order valence-electron chi connectivity index (χ2n) is 2.10. The lowest BCUT2D eigenvalue weighted by Gasteiger charge is -1.93. The van der Waals surface area contributed by atoms with Crippen LogP contribution in [0.2, 0.25) is 5.15 Å². The third-order valence-corrected chi connectivity index (χ3v) is 1.52. The predicted molar refractivity (Wildman–Crippen MR) is 43.4 cm³/mol. The van der Waals surface area contributed by atoms with E-state index in [-0.39, 0.29) is 0 Å². The second kappa shape index (κ2) is 2.47. The average Bonchev–Trinajstić information content (AvgIpc) is 2.04. The van der Waals surface area contributed by atoms with Gasteiger partial charge in [-0.15, -0.1) is 0 Å². The van der Waals surface area contributed by atoms with Crippen molar-refractivity contribution in [2.24, 2.45) is 0 Å². The lowest BCUT2D eigenvalue weighted by Crippen LogP contribution is -1.82. The molecule has 1 aromatic heterocycles. The number of hydrogen-bond acceptors (Lipinski definition) is 2. The Kier molecular flexibility index (Phi) is 1.47. The molecule has 0 N–H and O–H groups in total. The Morgan fingerprint density at radius 2 is 2.36 bits per heavy atom. The second-order valence-corrected chi connectivity index (χ2v) is 2.48. The van der Waals surface area contributed by atoms with E-state index in [0.717, 1.165) is 11.0 Å². The summed E-state index contributed by atoms with van der Waals surface area (Å²) < 4.78 is 0. The maximum absolute atomic E-state index is 5.63. The molecule has 0 aliphatic heterocycles. The number of halogens is 1. The van der Waals surface area contributed by atoms with Gasteiger partial charge in [-0.25, -0.2) is 4.98 Å². The standard InChI is InChI=1S/C8H4ClN2/c9-8-5-10-6-3-1-2-4-7(6)11-8/h1-2,4-5H. The van der Waals surface area contributed by atoms with Gasteiger partial charge in [0.2, 0.25) is 0 Å². The summed E-state index contributed by atoms with van der Waals surface area (Å²) in [4.78, 5) is 8.08. The highest BCUT2D eigenvalue weighted by Crippen LogP contribution is 2.10. The van der Waals surface area contributed by atoms with Crippen LogP contribution in [-0.4, -0.2) is 9.97 Å². The van der Waals surface area contributed by atoms with Crippen LogP contribution < -0.4 is 0 Å². The Balaban J connectivity index is 2.83. The summed E-state index contributed by atoms with van der Waals surface area (Å²) in [5.74, 6) is 0. The highest BCUT2D eigenvalue weighted by molar-refractivity contribution is 6.29. The van der Waals surface area contributed by atoms with E-state index in [1.165, 1.54) is 6.20 Å². The SMILES string of the molecule is Clc1cnc2[c]cccc2n1. The normalized spacial score (nSPS) is 10.3. The fourth-order valence-corrected chi connectivity index (χ4v) is 1.01. The van der Waals surface area contributed by atoms with Crippen molar-refractivity contribution in [3.05, 3.63) is 35.6 Å². The van der Waals surface area contributed by atoms with Crippen LogP contribution >= 0.6 is 11.6 Å². The third-order valence-electron chi connectivity index (χ3n) is 1.34. The van der Waals surface area contributed by atoms with E-state index in [0.29, 0.717) is 5.15 Å². The van der Waals surface area contributed by atoms with Crippen molar-refractivity contribution < 1.29 is 0 Å². The van der Waals surface area contributed by atoms with E-state index < -0.39 is 0 Å². The molecule has 53 valence electrons. The maximum atomic E-state index is 5.63. The van der Waals surface area contributed by atoms with Gasteiger partial charge in [0.15, 0.2) is 0 Å². The Morgan fingerprint density at radius 1 is 1.45 bits per heavy atom. The van der Waals surface area contributed by atoms with Crippen molar-refractivity contribution >= 4 is 22.6 Å². The molecule has 0 spiro atoms. The summed E-state index contributed by atoms with van der Waals surface area (Å²) in [6.45, 7) is 0. The summed E-state index contributed by atoms with van der Waals surface area (Å²) in [7, 11) is 0. The van der Waals surface area contributed by atoms with E-state index in [9.17, 15) is 0 Å². The number of hydrogen-bond donors (Lipinski definition) is 0. The van der Waals surface area contributed by atoms with Gasteiger partial charge in [-0.2, -0.15) is 0 Å². The van der Waals surface area contributed by atoms with Crippen molar-refractivity contribution in [3.63, 3.8) is 0 Å². The van der Waals surface area contributed by atoms with E-state index in [1.54, 1.807) is 6.07 Å². The van der Waals surface area contributed by atoms with Crippen molar-refractivity contribution in [1.82, 2.24) is 9.97 Å². The van der Waals surface area contributed by atoms with Gasteiger partial charge >= 0.3 is 0 Å². The molecule has 2 aromatic rings. The zero-order valence-electron chi connectivity index (χ0n) is 5.58. The minimum absolute atomic E-state index is 0.414. The first-order chi connectivity index (χ1) is 5.36. The van der Waals surface area contributed by atoms with Crippen LogP contribution in [0.4, 0.5) is 0 Å². The van der Waals surface area contributed by atoms with Crippen LogP contribution in [0.3, 0.4) is 0 Å². The molecule has 2 rings (SSSR count). The average molecular weight is 164 g/mol. The minimum Gasteiger partial charge on any atom is -0.251 e. The minimum atomic E-state index is 0.414. The maximum Gasteiger partial charge on any atom is 0.148 e. The van der Waals surface area contributed by atoms with Gasteiger partial charge < -0.3 is 0 Å². The van der Waals surface area contributed by atoms with Gasteiger partial charge in [-0.3, -0.25) is 4.98 Å². The zero-order chi connectivity index (χ0) is 7.68. The van der Waals surface area contributed by atoms with Gasteiger partial charge in [0.1, 0.15) is 5.15 Å². The van der Waals surface area contributed by atoms with Gasteiger partial charge in [-0.1, -0.05) is 23.7 Å². The van der Waals surface area contributed by atoms with Crippen LogP contribution in [0.1, 0.15) is 0 Å². The zero-order valence-corrected chi connectivity index (χ0v) is 6.34. The largest absolute Gasteiger partial charge is 0.251 e. The Morgan fingerprint density at radius 3 is 3.27 bits per heavy atom. The number of benzene rings is 1. The first-order valence-electron chi connectivity index (χ1n) is 3.15. The molecule has 0 aliphatic carbocycles. The number of para-hydroxylation sites is 1. The van der Waals surface area contributed by atoms with E-state index in [1.807, 2.05) is 12.1 Å². The molecule has 1 aromatic carbocycles. The molecule has 3 heteroatoms. The van der Waals surface area contributed by atoms with E-state index >= 15 is 0 Å². The topological polar surface area (TPSA) is 25.8 Å². The summed E-state index contributed by atoms with van der Waals surface area (Å²) in [6.07, 6.45) is 1.51. The smallest absolute Gasteiger partial charge is 0.148 e. The lowest BCUT2D eigenvalue weighted by atomic mass is 10.3. The Bertz CT molecular complexity index is 387. The van der Waals surface area contributed by atoms with Crippen LogP contribution in [0.25, 0.3) is 11.0 Å². The Labute approximate surface area is 68.9 Å². The van der Waals surface area contributed by atoms with Crippen molar-refractivity contribution in [1.29, 1.82) is 0 Å². The lowest BCUT2D eigenvalue weighted by molar-refractivity contribution is 1.29. The molecular formula is C8H4ClN2. The molecule has 0 atom stereocenters. The highest BCUT2D eigenvalue weighted by Gasteiger charge is 1.94. The molecular weight excluding hydrogens is 160 g/mol. The predicted octanol–water partition coefficient (Wildman–Crippen LogP) is 2.08. The number of nitrogens with zero attached hydrogens (tertiary/aromatic N) is 2. The van der Waals surface area contributed by atoms with Crippen LogP contribution in [0.5, 0.6) is 0 Å². The van der Waals surface area contributed by atoms with Crippen LogP contribution in [0, 0.1) is 6.07 Å². The van der Waals surface area contributed by atoms with Gasteiger partial charge in [-0.05, 0) is 6.07 Å². The summed E-state index contributed by atoms with van der Waals surface area (Å²) in [5.41, 5.74) is 1.52. The first kappa shape index (κ1) is 6.55. The first-order valence-corrected chi connectivity index (χ1v) is 3.53. The molecule has 11 heavy (non-hydrogen) atoms. The quantitative estimate of drug-likeness (QED) is 0.594. The van der Waals surface area contributed by atoms with Gasteiger partial charge in [0.05, 0.1) is 17.2 Å². The van der Waals surface area contributed by atoms with Crippen LogP contribution in [-0.2, 0) is 0 Å². The molecule has 0 bridgehead atoms. The molecule has 0 aliphatic rings. The number of aromatic nitrogens is 2. The van der Waals surface area contributed by atoms with Crippen molar-refractivity contribution in [3.8, 4) is 0 Å². The summed E-state index contributed by atoms with van der Waals surface area (Å²) in [5, 5.41) is 0.414. The summed E-state index contributed by atoms with van der Waals surface area (Å²) in [6, 6.07) is 8.45. The molecule has 1 heterocycles. The molecule has 0 unspecified atom stereocenters. The van der Waals surface area contributed by atoms with Crippen molar-refractivity contribution in [2.45, 2.75) is 0 Å². The fraction of sp³-hybridized carbons (Fsp3) is 0. The molecule has 1 radical (unpaired) electrons. The summed E-state index contributed by atoms with van der Waals surface area (Å²) >= 11 is 5.63. The number of rotatable bonds is 0. The molecule has 0 saturated carbocycles. The van der Waals surface area contributed by atoms with Gasteiger partial charge in [0.25, 0.3) is 0 Å². The molecule has 0 saturated heterocycles. The number of fused-ring (bicyclic) bond motifs is 1.